The highest BCUT2D eigenvalue weighted by Gasteiger charge is 2.20. The van der Waals surface area contributed by atoms with Crippen molar-refractivity contribution in [3.8, 4) is 0 Å². The maximum absolute atomic E-state index is 12.8. The summed E-state index contributed by atoms with van der Waals surface area (Å²) in [6.07, 6.45) is 1.37. The van der Waals surface area contributed by atoms with E-state index in [1.54, 1.807) is 13.8 Å². The second kappa shape index (κ2) is 8.76. The van der Waals surface area contributed by atoms with Crippen molar-refractivity contribution in [3.63, 3.8) is 0 Å². The SMILES string of the molecule is CC(C)NCCN(CC(=O)C(C)C)C(=O)Cn1cnc2c(=O)[nH]c(N)nc21. The molecule has 4 N–H and O–H groups in total. The standard InChI is InChI=1S/C17H27N7O3/c1-10(2)12(25)7-23(6-5-19-11(3)4)13(26)8-24-9-20-14-15(24)21-17(18)22-16(14)27/h9-11,19H,5-8H2,1-4H3,(H3,18,21,22,27). The number of hydrogen-bond acceptors (Lipinski definition) is 7. The molecule has 0 aliphatic carbocycles. The molecule has 0 bridgehead atoms. The van der Waals surface area contributed by atoms with Crippen LogP contribution in [0.3, 0.4) is 0 Å². The Kier molecular flexibility index (Phi) is 6.67. The summed E-state index contributed by atoms with van der Waals surface area (Å²) in [4.78, 5) is 48.8. The van der Waals surface area contributed by atoms with Gasteiger partial charge in [0.25, 0.3) is 5.56 Å². The number of anilines is 1. The van der Waals surface area contributed by atoms with Crippen LogP contribution >= 0.6 is 0 Å². The predicted octanol–water partition coefficient (Wildman–Crippen LogP) is -0.246. The monoisotopic (exact) mass is 377 g/mol. The van der Waals surface area contributed by atoms with Crippen LogP contribution in [0.2, 0.25) is 0 Å². The van der Waals surface area contributed by atoms with E-state index in [2.05, 4.69) is 20.3 Å². The topological polar surface area (TPSA) is 139 Å². The first-order chi connectivity index (χ1) is 12.7. The number of nitrogens with zero attached hydrogens (tertiary/aromatic N) is 4. The lowest BCUT2D eigenvalue weighted by Crippen LogP contribution is -2.43. The number of nitrogen functional groups attached to an aromatic ring is 1. The summed E-state index contributed by atoms with van der Waals surface area (Å²) in [5.41, 5.74) is 5.47. The highest BCUT2D eigenvalue weighted by Crippen LogP contribution is 2.08. The van der Waals surface area contributed by atoms with Crippen LogP contribution in [0.5, 0.6) is 0 Å². The number of amides is 1. The molecule has 0 saturated carbocycles. The van der Waals surface area contributed by atoms with E-state index in [0.29, 0.717) is 13.1 Å². The molecule has 10 heteroatoms. The summed E-state index contributed by atoms with van der Waals surface area (Å²) >= 11 is 0. The zero-order chi connectivity index (χ0) is 20.1. The minimum absolute atomic E-state index is 0.0119. The highest BCUT2D eigenvalue weighted by molar-refractivity contribution is 5.87. The van der Waals surface area contributed by atoms with Crippen molar-refractivity contribution < 1.29 is 9.59 Å². The zero-order valence-corrected chi connectivity index (χ0v) is 16.2. The predicted molar refractivity (Wildman–Crippen MR) is 102 cm³/mol. The van der Waals surface area contributed by atoms with Gasteiger partial charge in [-0.05, 0) is 0 Å². The van der Waals surface area contributed by atoms with Gasteiger partial charge in [0.05, 0.1) is 12.9 Å². The smallest absolute Gasteiger partial charge is 0.280 e. The second-order valence-corrected chi connectivity index (χ2v) is 7.04. The molecule has 10 nitrogen and oxygen atoms in total. The van der Waals surface area contributed by atoms with E-state index in [1.165, 1.54) is 15.8 Å². The van der Waals surface area contributed by atoms with Gasteiger partial charge >= 0.3 is 0 Å². The number of fused-ring (bicyclic) bond motifs is 1. The quantitative estimate of drug-likeness (QED) is 0.548. The molecule has 0 atom stereocenters. The maximum atomic E-state index is 12.8. The summed E-state index contributed by atoms with van der Waals surface area (Å²) < 4.78 is 1.46. The number of H-pyrrole nitrogens is 1. The number of carbonyl (C=O) groups is 2. The van der Waals surface area contributed by atoms with Crippen LogP contribution in [0.25, 0.3) is 11.2 Å². The first-order valence-electron chi connectivity index (χ1n) is 8.93. The van der Waals surface area contributed by atoms with Crippen molar-refractivity contribution in [3.05, 3.63) is 16.7 Å². The van der Waals surface area contributed by atoms with E-state index < -0.39 is 5.56 Å². The molecular weight excluding hydrogens is 350 g/mol. The van der Waals surface area contributed by atoms with Crippen LogP contribution in [0.1, 0.15) is 27.7 Å². The van der Waals surface area contributed by atoms with Gasteiger partial charge < -0.3 is 20.5 Å². The van der Waals surface area contributed by atoms with Crippen molar-refractivity contribution in [2.24, 2.45) is 5.92 Å². The van der Waals surface area contributed by atoms with Gasteiger partial charge in [0.15, 0.2) is 16.9 Å². The molecule has 0 saturated heterocycles. The zero-order valence-electron chi connectivity index (χ0n) is 16.2. The van der Waals surface area contributed by atoms with Crippen LogP contribution in [-0.4, -0.2) is 61.8 Å². The average Bonchev–Trinajstić information content (AvgIpc) is 2.96. The molecule has 0 aromatic carbocycles. The third kappa shape index (κ3) is 5.36. The first-order valence-corrected chi connectivity index (χ1v) is 8.93. The fourth-order valence-corrected chi connectivity index (χ4v) is 2.48. The number of carbonyl (C=O) groups excluding carboxylic acids is 2. The molecular formula is C17H27N7O3. The van der Waals surface area contributed by atoms with Gasteiger partial charge in [0.2, 0.25) is 11.9 Å². The van der Waals surface area contributed by atoms with Crippen molar-refractivity contribution in [1.29, 1.82) is 0 Å². The van der Waals surface area contributed by atoms with E-state index in [4.69, 9.17) is 5.73 Å². The van der Waals surface area contributed by atoms with E-state index in [9.17, 15) is 14.4 Å². The molecule has 27 heavy (non-hydrogen) atoms. The minimum Gasteiger partial charge on any atom is -0.369 e. The molecule has 0 fully saturated rings. The number of aromatic amines is 1. The molecule has 0 spiro atoms. The normalized spacial score (nSPS) is 11.5. The van der Waals surface area contributed by atoms with E-state index >= 15 is 0 Å². The summed E-state index contributed by atoms with van der Waals surface area (Å²) in [7, 11) is 0. The Hall–Kier alpha value is -2.75. The van der Waals surface area contributed by atoms with Crippen LogP contribution in [0.4, 0.5) is 5.95 Å². The molecule has 1 amide bonds. The number of nitrogens with two attached hydrogens (primary N) is 1. The second-order valence-electron chi connectivity index (χ2n) is 7.04. The summed E-state index contributed by atoms with van der Waals surface area (Å²) in [6.45, 7) is 8.56. The summed E-state index contributed by atoms with van der Waals surface area (Å²) in [5, 5.41) is 3.24. The third-order valence-electron chi connectivity index (χ3n) is 4.08. The Balaban J connectivity index is 2.19. The number of rotatable bonds is 9. The van der Waals surface area contributed by atoms with Crippen LogP contribution < -0.4 is 16.6 Å². The Morgan fingerprint density at radius 1 is 1.33 bits per heavy atom. The molecule has 2 aromatic heterocycles. The Morgan fingerprint density at radius 3 is 2.67 bits per heavy atom. The van der Waals surface area contributed by atoms with Crippen LogP contribution in [0.15, 0.2) is 11.1 Å². The van der Waals surface area contributed by atoms with Gasteiger partial charge in [-0.3, -0.25) is 19.4 Å². The molecule has 148 valence electrons. The van der Waals surface area contributed by atoms with Crippen LogP contribution in [-0.2, 0) is 16.1 Å². The lowest BCUT2D eigenvalue weighted by Gasteiger charge is -2.24. The lowest BCUT2D eigenvalue weighted by atomic mass is 10.1. The molecule has 0 aliphatic heterocycles. The summed E-state index contributed by atoms with van der Waals surface area (Å²) in [5.74, 6) is -0.473. The highest BCUT2D eigenvalue weighted by atomic mass is 16.2. The number of imidazole rings is 1. The fraction of sp³-hybridized carbons (Fsp3) is 0.588. The molecule has 0 aliphatic rings. The largest absolute Gasteiger partial charge is 0.369 e. The van der Waals surface area contributed by atoms with E-state index in [0.717, 1.165) is 0 Å². The molecule has 0 unspecified atom stereocenters. The van der Waals surface area contributed by atoms with Crippen molar-refractivity contribution in [2.75, 3.05) is 25.4 Å². The maximum Gasteiger partial charge on any atom is 0.280 e. The molecule has 2 heterocycles. The van der Waals surface area contributed by atoms with Crippen molar-refractivity contribution in [1.82, 2.24) is 29.7 Å². The molecule has 2 rings (SSSR count). The number of ketones is 1. The average molecular weight is 377 g/mol. The van der Waals surface area contributed by atoms with Gasteiger partial charge in [-0.2, -0.15) is 4.98 Å². The van der Waals surface area contributed by atoms with Gasteiger partial charge in [-0.25, -0.2) is 4.98 Å². The Morgan fingerprint density at radius 2 is 2.04 bits per heavy atom. The minimum atomic E-state index is -0.461. The van der Waals surface area contributed by atoms with Gasteiger partial charge in [0, 0.05) is 25.0 Å². The molecule has 0 radical (unpaired) electrons. The number of nitrogens with one attached hydrogen (secondary N) is 2. The summed E-state index contributed by atoms with van der Waals surface area (Å²) in [6, 6.07) is 0.277. The van der Waals surface area contributed by atoms with Gasteiger partial charge in [-0.1, -0.05) is 27.7 Å². The number of aromatic nitrogens is 4. The van der Waals surface area contributed by atoms with Crippen LogP contribution in [0, 0.1) is 5.92 Å². The fourth-order valence-electron chi connectivity index (χ4n) is 2.48. The van der Waals surface area contributed by atoms with Gasteiger partial charge in [-0.15, -0.1) is 0 Å². The van der Waals surface area contributed by atoms with Crippen molar-refractivity contribution >= 4 is 28.8 Å². The van der Waals surface area contributed by atoms with E-state index in [-0.39, 0.29) is 53.9 Å². The van der Waals surface area contributed by atoms with E-state index in [1.807, 2.05) is 13.8 Å². The third-order valence-corrected chi connectivity index (χ3v) is 4.08. The molecule has 2 aromatic rings. The van der Waals surface area contributed by atoms with Crippen molar-refractivity contribution in [2.45, 2.75) is 40.3 Å². The number of hydrogen-bond donors (Lipinski definition) is 3. The lowest BCUT2D eigenvalue weighted by molar-refractivity contribution is -0.136. The first kappa shape index (κ1) is 20.6. The Bertz CT molecular complexity index is 869. The van der Waals surface area contributed by atoms with Gasteiger partial charge in [0.1, 0.15) is 6.54 Å². The number of Topliss-reactive ketones (excluding diaryl/α,β-unsaturated/α-hetero) is 1. The Labute approximate surface area is 157 Å².